The number of fused-ring (bicyclic) bond motifs is 2. The van der Waals surface area contributed by atoms with Gasteiger partial charge in [-0.25, -0.2) is 9.97 Å². The molecule has 30 heavy (non-hydrogen) atoms. The summed E-state index contributed by atoms with van der Waals surface area (Å²) in [5, 5.41) is 0. The lowest BCUT2D eigenvalue weighted by atomic mass is 9.82. The van der Waals surface area contributed by atoms with E-state index in [1.807, 2.05) is 4.90 Å². The molecule has 1 spiro atoms. The second-order valence-corrected chi connectivity index (χ2v) is 8.81. The SMILES string of the molecule is COC(=O)CCCC(=O)N1CCC2(CC1)OCCc1sc(-c3cnc(N)cn3)cc12. The summed E-state index contributed by atoms with van der Waals surface area (Å²) < 4.78 is 10.9. The number of methoxy groups -OCH3 is 1. The van der Waals surface area contributed by atoms with Crippen molar-refractivity contribution in [2.75, 3.05) is 32.5 Å². The van der Waals surface area contributed by atoms with Gasteiger partial charge in [-0.1, -0.05) is 0 Å². The van der Waals surface area contributed by atoms with Crippen LogP contribution >= 0.6 is 11.3 Å². The number of aromatic nitrogens is 2. The molecule has 2 aliphatic rings. The fraction of sp³-hybridized carbons (Fsp3) is 0.524. The molecular formula is C21H26N4O4S. The van der Waals surface area contributed by atoms with Crippen molar-refractivity contribution >= 4 is 29.0 Å². The zero-order valence-corrected chi connectivity index (χ0v) is 17.9. The van der Waals surface area contributed by atoms with Gasteiger partial charge < -0.3 is 20.1 Å². The molecular weight excluding hydrogens is 404 g/mol. The van der Waals surface area contributed by atoms with E-state index in [0.717, 1.165) is 29.8 Å². The summed E-state index contributed by atoms with van der Waals surface area (Å²) in [6.07, 6.45) is 6.87. The lowest BCUT2D eigenvalue weighted by Gasteiger charge is -2.44. The number of ether oxygens (including phenoxy) is 2. The van der Waals surface area contributed by atoms with Gasteiger partial charge in [0.15, 0.2) is 0 Å². The summed E-state index contributed by atoms with van der Waals surface area (Å²) in [7, 11) is 1.36. The molecule has 1 amide bonds. The maximum absolute atomic E-state index is 12.5. The van der Waals surface area contributed by atoms with E-state index in [2.05, 4.69) is 20.8 Å². The van der Waals surface area contributed by atoms with Gasteiger partial charge in [0, 0.05) is 37.2 Å². The number of thiophene rings is 1. The van der Waals surface area contributed by atoms with Crippen molar-refractivity contribution in [3.63, 3.8) is 0 Å². The van der Waals surface area contributed by atoms with Crippen LogP contribution in [-0.2, 0) is 31.1 Å². The summed E-state index contributed by atoms with van der Waals surface area (Å²) in [4.78, 5) is 36.6. The molecule has 2 aromatic heterocycles. The zero-order valence-electron chi connectivity index (χ0n) is 17.1. The van der Waals surface area contributed by atoms with Crippen molar-refractivity contribution in [2.45, 2.75) is 44.1 Å². The highest BCUT2D eigenvalue weighted by molar-refractivity contribution is 7.15. The summed E-state index contributed by atoms with van der Waals surface area (Å²) in [6.45, 7) is 2.00. The highest BCUT2D eigenvalue weighted by atomic mass is 32.1. The molecule has 4 rings (SSSR count). The Balaban J connectivity index is 1.43. The van der Waals surface area contributed by atoms with Crippen LogP contribution in [0.2, 0.25) is 0 Å². The van der Waals surface area contributed by atoms with Crippen molar-refractivity contribution in [3.8, 4) is 10.6 Å². The van der Waals surface area contributed by atoms with E-state index in [-0.39, 0.29) is 23.9 Å². The lowest BCUT2D eigenvalue weighted by molar-refractivity contribution is -0.142. The summed E-state index contributed by atoms with van der Waals surface area (Å²) in [5.41, 5.74) is 7.36. The first-order valence-electron chi connectivity index (χ1n) is 10.2. The van der Waals surface area contributed by atoms with E-state index in [4.69, 9.17) is 10.5 Å². The first-order chi connectivity index (χ1) is 14.5. The Morgan fingerprint density at radius 3 is 2.77 bits per heavy atom. The normalized spacial score (nSPS) is 17.6. The maximum atomic E-state index is 12.5. The largest absolute Gasteiger partial charge is 0.469 e. The van der Waals surface area contributed by atoms with E-state index in [1.54, 1.807) is 23.7 Å². The van der Waals surface area contributed by atoms with Crippen molar-refractivity contribution in [1.29, 1.82) is 0 Å². The first-order valence-corrected chi connectivity index (χ1v) is 11.0. The number of nitrogens with zero attached hydrogens (tertiary/aromatic N) is 3. The Morgan fingerprint density at radius 2 is 2.07 bits per heavy atom. The van der Waals surface area contributed by atoms with Gasteiger partial charge in [-0.2, -0.15) is 0 Å². The average Bonchev–Trinajstić information content (AvgIpc) is 3.20. The van der Waals surface area contributed by atoms with E-state index < -0.39 is 0 Å². The van der Waals surface area contributed by atoms with Crippen LogP contribution in [0.15, 0.2) is 18.5 Å². The number of anilines is 1. The standard InChI is InChI=1S/C21H26N4O4S/c1-28-20(27)4-2-3-19(26)25-8-6-21(7-9-25)14-11-17(30-16(14)5-10-29-21)15-12-24-18(22)13-23-15/h11-13H,2-10H2,1H3,(H2,22,24). The second-order valence-electron chi connectivity index (χ2n) is 7.68. The lowest BCUT2D eigenvalue weighted by Crippen LogP contribution is -2.48. The van der Waals surface area contributed by atoms with Crippen molar-refractivity contribution in [1.82, 2.24) is 14.9 Å². The molecule has 0 bridgehead atoms. The van der Waals surface area contributed by atoms with Crippen LogP contribution in [0.3, 0.4) is 0 Å². The van der Waals surface area contributed by atoms with Gasteiger partial charge >= 0.3 is 5.97 Å². The molecule has 1 fully saturated rings. The van der Waals surface area contributed by atoms with E-state index in [0.29, 0.717) is 38.4 Å². The predicted octanol–water partition coefficient (Wildman–Crippen LogP) is 2.52. The Morgan fingerprint density at radius 1 is 1.27 bits per heavy atom. The summed E-state index contributed by atoms with van der Waals surface area (Å²) in [6, 6.07) is 2.17. The topological polar surface area (TPSA) is 108 Å². The Bertz CT molecular complexity index is 920. The third-order valence-corrected chi connectivity index (χ3v) is 7.07. The number of hydrogen-bond acceptors (Lipinski definition) is 8. The van der Waals surface area contributed by atoms with Gasteiger partial charge in [-0.05, 0) is 30.9 Å². The number of amides is 1. The Hall–Kier alpha value is -2.52. The molecule has 0 aliphatic carbocycles. The summed E-state index contributed by atoms with van der Waals surface area (Å²) in [5.74, 6) is 0.221. The minimum atomic E-state index is -0.341. The van der Waals surface area contributed by atoms with Crippen LogP contribution in [0.25, 0.3) is 10.6 Å². The minimum Gasteiger partial charge on any atom is -0.469 e. The van der Waals surface area contributed by atoms with Gasteiger partial charge in [0.2, 0.25) is 5.91 Å². The third kappa shape index (κ3) is 4.17. The number of rotatable bonds is 5. The number of piperidine rings is 1. The number of carbonyl (C=O) groups is 2. The molecule has 9 heteroatoms. The number of carbonyl (C=O) groups excluding carboxylic acids is 2. The average molecular weight is 431 g/mol. The van der Waals surface area contributed by atoms with Crippen LogP contribution in [-0.4, -0.2) is 53.6 Å². The monoisotopic (exact) mass is 430 g/mol. The quantitative estimate of drug-likeness (QED) is 0.726. The van der Waals surface area contributed by atoms with Crippen LogP contribution in [0.1, 0.15) is 42.5 Å². The molecule has 2 aromatic rings. The van der Waals surface area contributed by atoms with Crippen LogP contribution in [0, 0.1) is 0 Å². The molecule has 8 nitrogen and oxygen atoms in total. The molecule has 0 saturated carbocycles. The van der Waals surface area contributed by atoms with Crippen molar-refractivity contribution in [2.24, 2.45) is 0 Å². The number of nitrogens with two attached hydrogens (primary N) is 1. The van der Waals surface area contributed by atoms with Crippen LogP contribution in [0.5, 0.6) is 0 Å². The molecule has 0 aromatic carbocycles. The van der Waals surface area contributed by atoms with Crippen molar-refractivity contribution < 1.29 is 19.1 Å². The van der Waals surface area contributed by atoms with E-state index >= 15 is 0 Å². The molecule has 4 heterocycles. The Labute approximate surface area is 179 Å². The molecule has 0 radical (unpaired) electrons. The van der Waals surface area contributed by atoms with Gasteiger partial charge in [-0.15, -0.1) is 11.3 Å². The van der Waals surface area contributed by atoms with Gasteiger partial charge in [0.1, 0.15) is 5.82 Å². The van der Waals surface area contributed by atoms with E-state index in [1.165, 1.54) is 17.6 Å². The number of nitrogen functional groups attached to an aromatic ring is 1. The predicted molar refractivity (Wildman–Crippen MR) is 113 cm³/mol. The molecule has 0 unspecified atom stereocenters. The number of esters is 1. The number of likely N-dealkylation sites (tertiary alicyclic amines) is 1. The minimum absolute atomic E-state index is 0.0907. The van der Waals surface area contributed by atoms with Gasteiger partial charge in [0.05, 0.1) is 42.3 Å². The van der Waals surface area contributed by atoms with Crippen LogP contribution in [0.4, 0.5) is 5.82 Å². The van der Waals surface area contributed by atoms with Gasteiger partial charge in [-0.3, -0.25) is 9.59 Å². The molecule has 160 valence electrons. The third-order valence-electron chi connectivity index (χ3n) is 5.85. The molecule has 2 N–H and O–H groups in total. The zero-order chi connectivity index (χ0) is 21.1. The maximum Gasteiger partial charge on any atom is 0.305 e. The summed E-state index contributed by atoms with van der Waals surface area (Å²) >= 11 is 1.74. The second kappa shape index (κ2) is 8.69. The highest BCUT2D eigenvalue weighted by Gasteiger charge is 2.42. The first kappa shape index (κ1) is 20.7. The molecule has 0 atom stereocenters. The smallest absolute Gasteiger partial charge is 0.305 e. The van der Waals surface area contributed by atoms with Crippen LogP contribution < -0.4 is 5.73 Å². The van der Waals surface area contributed by atoms with Crippen molar-refractivity contribution in [3.05, 3.63) is 28.9 Å². The molecule has 1 saturated heterocycles. The highest BCUT2D eigenvalue weighted by Crippen LogP contribution is 2.46. The number of hydrogen-bond donors (Lipinski definition) is 1. The molecule has 2 aliphatic heterocycles. The van der Waals surface area contributed by atoms with Gasteiger partial charge in [0.25, 0.3) is 0 Å². The Kier molecular flexibility index (Phi) is 6.01. The fourth-order valence-corrected chi connectivity index (χ4v) is 5.38. The fourth-order valence-electron chi connectivity index (χ4n) is 4.18. The van der Waals surface area contributed by atoms with E-state index in [9.17, 15) is 9.59 Å².